The standard InChI is InChI=1S/C10H10FNO4S/c1-7(12(13)14)5-8-3-4-10(9(11)6-8)17(2,15)16/h3-6H,1-2H3/b7-5+. The Kier molecular flexibility index (Phi) is 3.62. The molecule has 0 aliphatic carbocycles. The monoisotopic (exact) mass is 259 g/mol. The Bertz CT molecular complexity index is 592. The van der Waals surface area contributed by atoms with E-state index in [2.05, 4.69) is 0 Å². The van der Waals surface area contributed by atoms with Gasteiger partial charge in [0, 0.05) is 19.3 Å². The third-order valence-corrected chi connectivity index (χ3v) is 3.15. The Balaban J connectivity index is 3.23. The highest BCUT2D eigenvalue weighted by atomic mass is 32.2. The summed E-state index contributed by atoms with van der Waals surface area (Å²) in [6.45, 7) is 1.27. The Hall–Kier alpha value is -1.76. The number of halogens is 1. The zero-order chi connectivity index (χ0) is 13.2. The summed E-state index contributed by atoms with van der Waals surface area (Å²) < 4.78 is 35.7. The van der Waals surface area contributed by atoms with Crippen molar-refractivity contribution >= 4 is 15.9 Å². The van der Waals surface area contributed by atoms with Crippen LogP contribution in [0.3, 0.4) is 0 Å². The number of nitrogens with zero attached hydrogens (tertiary/aromatic N) is 1. The van der Waals surface area contributed by atoms with E-state index in [0.29, 0.717) is 0 Å². The molecule has 0 saturated carbocycles. The zero-order valence-electron chi connectivity index (χ0n) is 9.18. The summed E-state index contributed by atoms with van der Waals surface area (Å²) in [5.41, 5.74) is 0.0839. The van der Waals surface area contributed by atoms with E-state index in [1.807, 2.05) is 0 Å². The second kappa shape index (κ2) is 4.62. The molecule has 0 spiro atoms. The average Bonchev–Trinajstić information content (AvgIpc) is 2.15. The van der Waals surface area contributed by atoms with Crippen LogP contribution < -0.4 is 0 Å². The summed E-state index contributed by atoms with van der Waals surface area (Å²) in [6.07, 6.45) is 2.05. The summed E-state index contributed by atoms with van der Waals surface area (Å²) in [5.74, 6) is -0.919. The molecule has 1 rings (SSSR count). The first-order chi connectivity index (χ1) is 7.71. The third kappa shape index (κ3) is 3.35. The number of sulfone groups is 1. The third-order valence-electron chi connectivity index (χ3n) is 2.02. The molecule has 0 saturated heterocycles. The van der Waals surface area contributed by atoms with Crippen LogP contribution in [-0.4, -0.2) is 19.6 Å². The van der Waals surface area contributed by atoms with Crippen LogP contribution in [0.15, 0.2) is 28.8 Å². The highest BCUT2D eigenvalue weighted by molar-refractivity contribution is 7.90. The van der Waals surface area contributed by atoms with Gasteiger partial charge in [-0.3, -0.25) is 10.1 Å². The first-order valence-corrected chi connectivity index (χ1v) is 6.43. The lowest BCUT2D eigenvalue weighted by Crippen LogP contribution is -2.01. The van der Waals surface area contributed by atoms with E-state index in [-0.39, 0.29) is 11.3 Å². The molecule has 1 aromatic rings. The molecule has 0 radical (unpaired) electrons. The number of benzene rings is 1. The van der Waals surface area contributed by atoms with Gasteiger partial charge in [-0.2, -0.15) is 0 Å². The van der Waals surface area contributed by atoms with E-state index in [1.165, 1.54) is 13.0 Å². The van der Waals surface area contributed by atoms with Gasteiger partial charge in [-0.05, 0) is 17.7 Å². The van der Waals surface area contributed by atoms with Crippen LogP contribution in [0.5, 0.6) is 0 Å². The molecule has 0 aliphatic rings. The minimum atomic E-state index is -3.62. The van der Waals surface area contributed by atoms with E-state index in [0.717, 1.165) is 24.5 Å². The van der Waals surface area contributed by atoms with Crippen molar-refractivity contribution in [1.82, 2.24) is 0 Å². The first-order valence-electron chi connectivity index (χ1n) is 4.54. The molecule has 92 valence electrons. The van der Waals surface area contributed by atoms with Crippen molar-refractivity contribution < 1.29 is 17.7 Å². The van der Waals surface area contributed by atoms with Crippen LogP contribution in [0.1, 0.15) is 12.5 Å². The quantitative estimate of drug-likeness (QED) is 0.613. The number of hydrogen-bond acceptors (Lipinski definition) is 4. The lowest BCUT2D eigenvalue weighted by Gasteiger charge is -2.01. The molecule has 17 heavy (non-hydrogen) atoms. The maximum Gasteiger partial charge on any atom is 0.243 e. The van der Waals surface area contributed by atoms with E-state index in [4.69, 9.17) is 0 Å². The highest BCUT2D eigenvalue weighted by Crippen LogP contribution is 2.17. The molecule has 1 aromatic carbocycles. The molecule has 0 bridgehead atoms. The number of allylic oxidation sites excluding steroid dienone is 1. The highest BCUT2D eigenvalue weighted by Gasteiger charge is 2.13. The van der Waals surface area contributed by atoms with Gasteiger partial charge in [-0.25, -0.2) is 12.8 Å². The van der Waals surface area contributed by atoms with E-state index >= 15 is 0 Å². The summed E-state index contributed by atoms with van der Waals surface area (Å²) in [7, 11) is -3.62. The number of hydrogen-bond donors (Lipinski definition) is 0. The molecule has 0 atom stereocenters. The summed E-state index contributed by atoms with van der Waals surface area (Å²) in [5, 5.41) is 10.4. The topological polar surface area (TPSA) is 77.3 Å². The van der Waals surface area contributed by atoms with Gasteiger partial charge in [-0.15, -0.1) is 0 Å². The molecule has 7 heteroatoms. The Labute approximate surface area is 97.6 Å². The smallest absolute Gasteiger partial charge is 0.243 e. The fourth-order valence-corrected chi connectivity index (χ4v) is 1.93. The van der Waals surface area contributed by atoms with Crippen molar-refractivity contribution in [2.45, 2.75) is 11.8 Å². The van der Waals surface area contributed by atoms with E-state index < -0.39 is 25.5 Å². The first kappa shape index (κ1) is 13.3. The molecular formula is C10H10FNO4S. The molecule has 0 unspecified atom stereocenters. The van der Waals surface area contributed by atoms with Crippen molar-refractivity contribution in [2.75, 3.05) is 6.26 Å². The van der Waals surface area contributed by atoms with Gasteiger partial charge in [0.2, 0.25) is 5.70 Å². The zero-order valence-corrected chi connectivity index (χ0v) is 9.99. The Morgan fingerprint density at radius 2 is 2.06 bits per heavy atom. The van der Waals surface area contributed by atoms with Crippen molar-refractivity contribution in [3.8, 4) is 0 Å². The normalized spacial score (nSPS) is 12.5. The largest absolute Gasteiger partial charge is 0.259 e. The van der Waals surface area contributed by atoms with Crippen molar-refractivity contribution in [3.05, 3.63) is 45.4 Å². The summed E-state index contributed by atoms with van der Waals surface area (Å²) >= 11 is 0. The minimum Gasteiger partial charge on any atom is -0.259 e. The molecule has 0 aromatic heterocycles. The van der Waals surface area contributed by atoms with Crippen LogP contribution in [0, 0.1) is 15.9 Å². The van der Waals surface area contributed by atoms with Crippen molar-refractivity contribution in [2.24, 2.45) is 0 Å². The maximum absolute atomic E-state index is 13.4. The van der Waals surface area contributed by atoms with Gasteiger partial charge in [0.05, 0.1) is 4.92 Å². The van der Waals surface area contributed by atoms with Gasteiger partial charge >= 0.3 is 0 Å². The molecular weight excluding hydrogens is 249 g/mol. The maximum atomic E-state index is 13.4. The predicted molar refractivity (Wildman–Crippen MR) is 60.2 cm³/mol. The van der Waals surface area contributed by atoms with Crippen LogP contribution in [0.4, 0.5) is 4.39 Å². The number of nitro groups is 1. The van der Waals surface area contributed by atoms with Gasteiger partial charge in [0.1, 0.15) is 10.7 Å². The van der Waals surface area contributed by atoms with Crippen molar-refractivity contribution in [3.63, 3.8) is 0 Å². The SMILES string of the molecule is C/C(=C\c1ccc(S(C)(=O)=O)c(F)c1)[N+](=O)[O-]. The fourth-order valence-electron chi connectivity index (χ4n) is 1.20. The lowest BCUT2D eigenvalue weighted by atomic mass is 10.2. The van der Waals surface area contributed by atoms with E-state index in [9.17, 15) is 22.9 Å². The van der Waals surface area contributed by atoms with Crippen LogP contribution in [0.2, 0.25) is 0 Å². The molecule has 0 aliphatic heterocycles. The Morgan fingerprint density at radius 1 is 1.47 bits per heavy atom. The van der Waals surface area contributed by atoms with Crippen LogP contribution in [-0.2, 0) is 9.84 Å². The molecule has 5 nitrogen and oxygen atoms in total. The average molecular weight is 259 g/mol. The van der Waals surface area contributed by atoms with Gasteiger partial charge < -0.3 is 0 Å². The summed E-state index contributed by atoms with van der Waals surface area (Å²) in [6, 6.07) is 3.35. The van der Waals surface area contributed by atoms with Crippen LogP contribution in [0.25, 0.3) is 6.08 Å². The second-order valence-electron chi connectivity index (χ2n) is 3.50. The van der Waals surface area contributed by atoms with Gasteiger partial charge in [0.15, 0.2) is 9.84 Å². The van der Waals surface area contributed by atoms with Crippen LogP contribution >= 0.6 is 0 Å². The second-order valence-corrected chi connectivity index (χ2v) is 5.49. The summed E-state index contributed by atoms with van der Waals surface area (Å²) in [4.78, 5) is 9.33. The molecule has 0 amide bonds. The minimum absolute atomic E-state index is 0.156. The molecule has 0 fully saturated rings. The predicted octanol–water partition coefficient (Wildman–Crippen LogP) is 1.87. The fraction of sp³-hybridized carbons (Fsp3) is 0.200. The van der Waals surface area contributed by atoms with Crippen molar-refractivity contribution in [1.29, 1.82) is 0 Å². The Morgan fingerprint density at radius 3 is 2.47 bits per heavy atom. The van der Waals surface area contributed by atoms with Gasteiger partial charge in [-0.1, -0.05) is 6.07 Å². The van der Waals surface area contributed by atoms with Gasteiger partial charge in [0.25, 0.3) is 0 Å². The van der Waals surface area contributed by atoms with E-state index in [1.54, 1.807) is 0 Å². The molecule has 0 heterocycles. The molecule has 0 N–H and O–H groups in total. The number of rotatable bonds is 3. The lowest BCUT2D eigenvalue weighted by molar-refractivity contribution is -0.422.